The predicted molar refractivity (Wildman–Crippen MR) is 82.6 cm³/mol. The third-order valence-corrected chi connectivity index (χ3v) is 3.96. The van der Waals surface area contributed by atoms with Crippen LogP contribution in [0.2, 0.25) is 0 Å². The lowest BCUT2D eigenvalue weighted by atomic mass is 10.1. The van der Waals surface area contributed by atoms with E-state index in [0.29, 0.717) is 5.56 Å². The summed E-state index contributed by atoms with van der Waals surface area (Å²) in [5.74, 6) is -0.738. The molecule has 0 aromatic heterocycles. The Morgan fingerprint density at radius 3 is 2.32 bits per heavy atom. The molecule has 1 fully saturated rings. The van der Waals surface area contributed by atoms with Gasteiger partial charge in [0.25, 0.3) is 5.91 Å². The standard InChI is InChI=1S/C17H23NO4/c1-12(16(20)18-14-6-4-2-3-5-7-14)22-17(21)13-8-10-15(19)11-9-13/h8-12,14,19H,2-7H2,1H3,(H,18,20). The predicted octanol–water partition coefficient (Wildman–Crippen LogP) is 2.78. The van der Waals surface area contributed by atoms with Gasteiger partial charge >= 0.3 is 5.97 Å². The molecule has 5 heteroatoms. The molecule has 120 valence electrons. The van der Waals surface area contributed by atoms with Crippen LogP contribution < -0.4 is 5.32 Å². The highest BCUT2D eigenvalue weighted by atomic mass is 16.5. The zero-order valence-electron chi connectivity index (χ0n) is 12.9. The van der Waals surface area contributed by atoms with Crippen molar-refractivity contribution in [2.24, 2.45) is 0 Å². The number of rotatable bonds is 4. The molecule has 1 atom stereocenters. The third kappa shape index (κ3) is 4.76. The lowest BCUT2D eigenvalue weighted by molar-refractivity contribution is -0.129. The zero-order chi connectivity index (χ0) is 15.9. The van der Waals surface area contributed by atoms with Gasteiger partial charge in [0.05, 0.1) is 5.56 Å². The molecule has 1 amide bonds. The molecular formula is C17H23NO4. The van der Waals surface area contributed by atoms with Crippen LogP contribution in [0.15, 0.2) is 24.3 Å². The van der Waals surface area contributed by atoms with Crippen LogP contribution in [0.5, 0.6) is 5.75 Å². The van der Waals surface area contributed by atoms with Crippen molar-refractivity contribution >= 4 is 11.9 Å². The highest BCUT2D eigenvalue weighted by Crippen LogP contribution is 2.17. The first-order chi connectivity index (χ1) is 10.6. The lowest BCUT2D eigenvalue weighted by Gasteiger charge is -2.19. The molecule has 1 aromatic rings. The first-order valence-corrected chi connectivity index (χ1v) is 7.86. The zero-order valence-corrected chi connectivity index (χ0v) is 12.9. The van der Waals surface area contributed by atoms with E-state index in [1.54, 1.807) is 6.92 Å². The Balaban J connectivity index is 1.84. The number of hydrogen-bond acceptors (Lipinski definition) is 4. The minimum Gasteiger partial charge on any atom is -0.508 e. The van der Waals surface area contributed by atoms with Gasteiger partial charge in [0, 0.05) is 6.04 Å². The summed E-state index contributed by atoms with van der Waals surface area (Å²) in [7, 11) is 0. The molecule has 0 spiro atoms. The number of aromatic hydroxyl groups is 1. The molecule has 1 aliphatic rings. The van der Waals surface area contributed by atoms with Crippen molar-refractivity contribution in [1.29, 1.82) is 0 Å². The van der Waals surface area contributed by atoms with Gasteiger partial charge in [0.1, 0.15) is 5.75 Å². The molecule has 0 saturated heterocycles. The number of carbonyl (C=O) groups excluding carboxylic acids is 2. The molecule has 0 aliphatic heterocycles. The van der Waals surface area contributed by atoms with Crippen molar-refractivity contribution in [3.05, 3.63) is 29.8 Å². The molecule has 2 rings (SSSR count). The summed E-state index contributed by atoms with van der Waals surface area (Å²) in [6.45, 7) is 1.57. The molecular weight excluding hydrogens is 282 g/mol. The van der Waals surface area contributed by atoms with Crippen molar-refractivity contribution < 1.29 is 19.4 Å². The number of phenolic OH excluding ortho intramolecular Hbond substituents is 1. The Morgan fingerprint density at radius 1 is 1.14 bits per heavy atom. The van der Waals surface area contributed by atoms with E-state index in [0.717, 1.165) is 25.7 Å². The third-order valence-electron chi connectivity index (χ3n) is 3.96. The maximum absolute atomic E-state index is 12.1. The molecule has 1 unspecified atom stereocenters. The number of esters is 1. The van der Waals surface area contributed by atoms with Gasteiger partial charge in [-0.25, -0.2) is 4.79 Å². The second kappa shape index (κ2) is 7.82. The van der Waals surface area contributed by atoms with Gasteiger partial charge in [-0.3, -0.25) is 4.79 Å². The maximum atomic E-state index is 12.1. The van der Waals surface area contributed by atoms with Gasteiger partial charge in [0.2, 0.25) is 0 Å². The fourth-order valence-electron chi connectivity index (χ4n) is 2.62. The van der Waals surface area contributed by atoms with E-state index < -0.39 is 12.1 Å². The molecule has 0 radical (unpaired) electrons. The van der Waals surface area contributed by atoms with Crippen LogP contribution in [0, 0.1) is 0 Å². The molecule has 1 saturated carbocycles. The van der Waals surface area contributed by atoms with Gasteiger partial charge < -0.3 is 15.2 Å². The molecule has 22 heavy (non-hydrogen) atoms. The lowest BCUT2D eigenvalue weighted by Crippen LogP contribution is -2.41. The summed E-state index contributed by atoms with van der Waals surface area (Å²) in [5, 5.41) is 12.2. The van der Waals surface area contributed by atoms with Gasteiger partial charge in [0.15, 0.2) is 6.10 Å². The van der Waals surface area contributed by atoms with E-state index in [4.69, 9.17) is 4.74 Å². The maximum Gasteiger partial charge on any atom is 0.338 e. The normalized spacial score (nSPS) is 17.3. The quantitative estimate of drug-likeness (QED) is 0.662. The number of nitrogens with one attached hydrogen (secondary N) is 1. The van der Waals surface area contributed by atoms with Crippen LogP contribution in [-0.4, -0.2) is 29.1 Å². The Labute approximate surface area is 130 Å². The molecule has 2 N–H and O–H groups in total. The highest BCUT2D eigenvalue weighted by Gasteiger charge is 2.22. The minimum absolute atomic E-state index is 0.0794. The molecule has 1 aromatic carbocycles. The average Bonchev–Trinajstić information content (AvgIpc) is 2.76. The minimum atomic E-state index is -0.829. The summed E-state index contributed by atoms with van der Waals surface area (Å²) < 4.78 is 5.18. The highest BCUT2D eigenvalue weighted by molar-refractivity contribution is 5.92. The largest absolute Gasteiger partial charge is 0.508 e. The fraction of sp³-hybridized carbons (Fsp3) is 0.529. The van der Waals surface area contributed by atoms with Crippen LogP contribution in [0.1, 0.15) is 55.8 Å². The summed E-state index contributed by atoms with van der Waals surface area (Å²) in [4.78, 5) is 24.1. The van der Waals surface area contributed by atoms with Crippen molar-refractivity contribution in [3.8, 4) is 5.75 Å². The molecule has 0 bridgehead atoms. The first-order valence-electron chi connectivity index (χ1n) is 7.86. The van der Waals surface area contributed by atoms with Crippen LogP contribution in [0.4, 0.5) is 0 Å². The van der Waals surface area contributed by atoms with Crippen LogP contribution in [0.25, 0.3) is 0 Å². The van der Waals surface area contributed by atoms with E-state index in [-0.39, 0.29) is 17.7 Å². The average molecular weight is 305 g/mol. The van der Waals surface area contributed by atoms with E-state index >= 15 is 0 Å². The van der Waals surface area contributed by atoms with E-state index in [2.05, 4.69) is 5.32 Å². The Morgan fingerprint density at radius 2 is 1.73 bits per heavy atom. The van der Waals surface area contributed by atoms with Crippen molar-refractivity contribution in [1.82, 2.24) is 5.32 Å². The summed E-state index contributed by atoms with van der Waals surface area (Å²) >= 11 is 0. The van der Waals surface area contributed by atoms with E-state index in [1.807, 2.05) is 0 Å². The van der Waals surface area contributed by atoms with Crippen LogP contribution in [-0.2, 0) is 9.53 Å². The molecule has 5 nitrogen and oxygen atoms in total. The number of phenols is 1. The van der Waals surface area contributed by atoms with E-state index in [9.17, 15) is 14.7 Å². The van der Waals surface area contributed by atoms with Crippen molar-refractivity contribution in [3.63, 3.8) is 0 Å². The number of benzene rings is 1. The van der Waals surface area contributed by atoms with Gasteiger partial charge in [-0.05, 0) is 44.0 Å². The number of ether oxygens (including phenoxy) is 1. The topological polar surface area (TPSA) is 75.6 Å². The van der Waals surface area contributed by atoms with Gasteiger partial charge in [-0.1, -0.05) is 25.7 Å². The van der Waals surface area contributed by atoms with Crippen LogP contribution in [0.3, 0.4) is 0 Å². The monoisotopic (exact) mass is 305 g/mol. The second-order valence-electron chi connectivity index (χ2n) is 5.79. The number of hydrogen-bond donors (Lipinski definition) is 2. The molecule has 1 aliphatic carbocycles. The first kappa shape index (κ1) is 16.3. The molecule has 0 heterocycles. The Hall–Kier alpha value is -2.04. The summed E-state index contributed by atoms with van der Waals surface area (Å²) in [5.41, 5.74) is 0.312. The smallest absolute Gasteiger partial charge is 0.338 e. The SMILES string of the molecule is CC(OC(=O)c1ccc(O)cc1)C(=O)NC1CCCCCC1. The second-order valence-corrected chi connectivity index (χ2v) is 5.79. The van der Waals surface area contributed by atoms with Crippen molar-refractivity contribution in [2.45, 2.75) is 57.6 Å². The number of amides is 1. The summed E-state index contributed by atoms with van der Waals surface area (Å²) in [6, 6.07) is 5.94. The van der Waals surface area contributed by atoms with Gasteiger partial charge in [-0.15, -0.1) is 0 Å². The van der Waals surface area contributed by atoms with Crippen LogP contribution >= 0.6 is 0 Å². The summed E-state index contributed by atoms with van der Waals surface area (Å²) in [6.07, 6.45) is 5.85. The van der Waals surface area contributed by atoms with E-state index in [1.165, 1.54) is 37.1 Å². The van der Waals surface area contributed by atoms with Gasteiger partial charge in [-0.2, -0.15) is 0 Å². The Bertz CT molecular complexity index is 504. The number of carbonyl (C=O) groups is 2. The van der Waals surface area contributed by atoms with Crippen molar-refractivity contribution in [2.75, 3.05) is 0 Å². The fourth-order valence-corrected chi connectivity index (χ4v) is 2.62. The Kier molecular flexibility index (Phi) is 5.81.